The fraction of sp³-hybridized carbons (Fsp3) is 0.368. The number of benzene rings is 1. The van der Waals surface area contributed by atoms with Crippen LogP contribution in [0.5, 0.6) is 0 Å². The van der Waals surface area contributed by atoms with Gasteiger partial charge in [0, 0.05) is 30.0 Å². The highest BCUT2D eigenvalue weighted by atomic mass is 35.5. The maximum Gasteiger partial charge on any atom is 0.327 e. The number of nitrogens with one attached hydrogen (secondary N) is 1. The Balaban J connectivity index is 1.77. The predicted molar refractivity (Wildman–Crippen MR) is 102 cm³/mol. The van der Waals surface area contributed by atoms with Crippen LogP contribution in [0, 0.1) is 5.92 Å². The number of rotatable bonds is 4. The lowest BCUT2D eigenvalue weighted by molar-refractivity contribution is 0.191. The van der Waals surface area contributed by atoms with E-state index in [1.54, 1.807) is 23.4 Å². The number of pyridine rings is 1. The molecule has 0 atom stereocenters. The Morgan fingerprint density at radius 1 is 1.32 bits per heavy atom. The SMILES string of the molecule is CC1CCN(CN(C(=O)Nc2cccnc2)c2cccc(Cl)c2)CC1. The zero-order valence-corrected chi connectivity index (χ0v) is 15.1. The number of piperidine rings is 1. The van der Waals surface area contributed by atoms with Crippen LogP contribution in [0.2, 0.25) is 5.02 Å². The summed E-state index contributed by atoms with van der Waals surface area (Å²) in [6.45, 7) is 4.82. The molecule has 2 aromatic rings. The Kier molecular flexibility index (Phi) is 5.89. The van der Waals surface area contributed by atoms with Crippen molar-refractivity contribution in [2.45, 2.75) is 19.8 Å². The van der Waals surface area contributed by atoms with Gasteiger partial charge in [0.1, 0.15) is 0 Å². The molecular formula is C19H23ClN4O. The molecule has 25 heavy (non-hydrogen) atoms. The third-order valence-corrected chi connectivity index (χ3v) is 4.73. The van der Waals surface area contributed by atoms with Crippen LogP contribution in [0.25, 0.3) is 0 Å². The predicted octanol–water partition coefficient (Wildman–Crippen LogP) is 4.46. The molecule has 1 aliphatic rings. The number of likely N-dealkylation sites (tertiary alicyclic amines) is 1. The number of amides is 2. The van der Waals surface area contributed by atoms with Crippen molar-refractivity contribution in [3.05, 3.63) is 53.8 Å². The van der Waals surface area contributed by atoms with Crippen molar-refractivity contribution in [1.82, 2.24) is 9.88 Å². The van der Waals surface area contributed by atoms with Gasteiger partial charge in [-0.2, -0.15) is 0 Å². The van der Waals surface area contributed by atoms with Gasteiger partial charge in [0.15, 0.2) is 0 Å². The first-order chi connectivity index (χ1) is 12.1. The topological polar surface area (TPSA) is 48.5 Å². The Labute approximate surface area is 153 Å². The summed E-state index contributed by atoms with van der Waals surface area (Å²) in [5.74, 6) is 0.750. The van der Waals surface area contributed by atoms with Crippen molar-refractivity contribution >= 4 is 29.0 Å². The van der Waals surface area contributed by atoms with Crippen LogP contribution in [0.4, 0.5) is 16.2 Å². The molecule has 1 N–H and O–H groups in total. The van der Waals surface area contributed by atoms with Gasteiger partial charge >= 0.3 is 6.03 Å². The van der Waals surface area contributed by atoms with E-state index in [4.69, 9.17) is 11.6 Å². The first-order valence-electron chi connectivity index (χ1n) is 8.58. The lowest BCUT2D eigenvalue weighted by Gasteiger charge is -2.34. The average Bonchev–Trinajstić information content (AvgIpc) is 2.62. The fourth-order valence-electron chi connectivity index (χ4n) is 2.94. The Morgan fingerprint density at radius 2 is 2.12 bits per heavy atom. The van der Waals surface area contributed by atoms with Crippen LogP contribution in [0.1, 0.15) is 19.8 Å². The van der Waals surface area contributed by atoms with Crippen molar-refractivity contribution < 1.29 is 4.79 Å². The molecule has 0 saturated carbocycles. The maximum absolute atomic E-state index is 12.9. The fourth-order valence-corrected chi connectivity index (χ4v) is 3.12. The molecule has 0 aliphatic carbocycles. The second kappa shape index (κ2) is 8.32. The van der Waals surface area contributed by atoms with E-state index in [0.29, 0.717) is 17.4 Å². The maximum atomic E-state index is 12.9. The summed E-state index contributed by atoms with van der Waals surface area (Å²) in [5, 5.41) is 3.53. The molecule has 0 unspecified atom stereocenters. The van der Waals surface area contributed by atoms with Gasteiger partial charge < -0.3 is 5.32 Å². The number of carbonyl (C=O) groups excluding carboxylic acids is 1. The molecule has 1 aromatic carbocycles. The highest BCUT2D eigenvalue weighted by Crippen LogP contribution is 2.23. The number of nitrogens with zero attached hydrogens (tertiary/aromatic N) is 3. The molecular weight excluding hydrogens is 336 g/mol. The minimum Gasteiger partial charge on any atom is -0.306 e. The second-order valence-corrected chi connectivity index (χ2v) is 6.96. The van der Waals surface area contributed by atoms with Crippen molar-refractivity contribution in [1.29, 1.82) is 0 Å². The van der Waals surface area contributed by atoms with Gasteiger partial charge in [-0.05, 0) is 49.1 Å². The first kappa shape index (κ1) is 17.7. The molecule has 1 fully saturated rings. The minimum atomic E-state index is -0.186. The van der Waals surface area contributed by atoms with E-state index < -0.39 is 0 Å². The third-order valence-electron chi connectivity index (χ3n) is 4.50. The van der Waals surface area contributed by atoms with Crippen molar-refractivity contribution in [2.24, 2.45) is 5.92 Å². The van der Waals surface area contributed by atoms with Crippen LogP contribution in [-0.2, 0) is 0 Å². The number of urea groups is 1. The van der Waals surface area contributed by atoms with E-state index in [9.17, 15) is 4.79 Å². The summed E-state index contributed by atoms with van der Waals surface area (Å²) in [7, 11) is 0. The summed E-state index contributed by atoms with van der Waals surface area (Å²) in [6, 6.07) is 10.8. The van der Waals surface area contributed by atoms with E-state index in [1.807, 2.05) is 30.3 Å². The van der Waals surface area contributed by atoms with Crippen LogP contribution in [-0.4, -0.2) is 35.7 Å². The van der Waals surface area contributed by atoms with Crippen LogP contribution < -0.4 is 10.2 Å². The van der Waals surface area contributed by atoms with Crippen molar-refractivity contribution in [3.8, 4) is 0 Å². The summed E-state index contributed by atoms with van der Waals surface area (Å²) in [4.78, 5) is 21.0. The van der Waals surface area contributed by atoms with E-state index in [-0.39, 0.29) is 6.03 Å². The first-order valence-corrected chi connectivity index (χ1v) is 8.96. The number of aromatic nitrogens is 1. The summed E-state index contributed by atoms with van der Waals surface area (Å²) < 4.78 is 0. The molecule has 3 rings (SSSR count). The third kappa shape index (κ3) is 4.94. The molecule has 2 heterocycles. The smallest absolute Gasteiger partial charge is 0.306 e. The molecule has 0 radical (unpaired) electrons. The highest BCUT2D eigenvalue weighted by Gasteiger charge is 2.22. The normalized spacial score (nSPS) is 15.8. The summed E-state index contributed by atoms with van der Waals surface area (Å²) >= 11 is 6.13. The number of hydrogen-bond donors (Lipinski definition) is 1. The lowest BCUT2D eigenvalue weighted by Crippen LogP contribution is -2.46. The Bertz CT molecular complexity index is 702. The van der Waals surface area contributed by atoms with Gasteiger partial charge in [0.25, 0.3) is 0 Å². The van der Waals surface area contributed by atoms with Gasteiger partial charge in [-0.25, -0.2) is 4.79 Å². The standard InChI is InChI=1S/C19H23ClN4O/c1-15-7-10-23(11-8-15)14-24(18-6-2-4-16(20)12-18)19(25)22-17-5-3-9-21-13-17/h2-6,9,12-13,15H,7-8,10-11,14H2,1H3,(H,22,25). The van der Waals surface area contributed by atoms with Gasteiger partial charge in [-0.1, -0.05) is 24.6 Å². The molecule has 5 nitrogen and oxygen atoms in total. The van der Waals surface area contributed by atoms with Crippen LogP contribution >= 0.6 is 11.6 Å². The summed E-state index contributed by atoms with van der Waals surface area (Å²) in [6.07, 6.45) is 5.64. The van der Waals surface area contributed by atoms with Gasteiger partial charge in [0.2, 0.25) is 0 Å². The van der Waals surface area contributed by atoms with E-state index in [1.165, 1.54) is 0 Å². The zero-order chi connectivity index (χ0) is 17.6. The van der Waals surface area contributed by atoms with Crippen LogP contribution in [0.15, 0.2) is 48.8 Å². The molecule has 0 spiro atoms. The quantitative estimate of drug-likeness (QED) is 0.877. The van der Waals surface area contributed by atoms with E-state index >= 15 is 0 Å². The molecule has 0 bridgehead atoms. The van der Waals surface area contributed by atoms with Gasteiger partial charge in [-0.3, -0.25) is 14.8 Å². The molecule has 2 amide bonds. The lowest BCUT2D eigenvalue weighted by atomic mass is 10.00. The number of halogens is 1. The monoisotopic (exact) mass is 358 g/mol. The van der Waals surface area contributed by atoms with E-state index in [0.717, 1.165) is 37.5 Å². The second-order valence-electron chi connectivity index (χ2n) is 6.52. The number of carbonyl (C=O) groups is 1. The highest BCUT2D eigenvalue weighted by molar-refractivity contribution is 6.31. The zero-order valence-electron chi connectivity index (χ0n) is 14.4. The molecule has 6 heteroatoms. The van der Waals surface area contributed by atoms with Gasteiger partial charge in [-0.15, -0.1) is 0 Å². The minimum absolute atomic E-state index is 0.186. The number of anilines is 2. The largest absolute Gasteiger partial charge is 0.327 e. The van der Waals surface area contributed by atoms with Crippen LogP contribution in [0.3, 0.4) is 0 Å². The Morgan fingerprint density at radius 3 is 2.80 bits per heavy atom. The molecule has 132 valence electrons. The molecule has 1 aromatic heterocycles. The number of hydrogen-bond acceptors (Lipinski definition) is 3. The average molecular weight is 359 g/mol. The van der Waals surface area contributed by atoms with E-state index in [2.05, 4.69) is 22.1 Å². The molecule has 1 saturated heterocycles. The Hall–Kier alpha value is -2.11. The van der Waals surface area contributed by atoms with Gasteiger partial charge in [0.05, 0.1) is 18.6 Å². The van der Waals surface area contributed by atoms with Crippen molar-refractivity contribution in [3.63, 3.8) is 0 Å². The molecule has 1 aliphatic heterocycles. The van der Waals surface area contributed by atoms with Crippen molar-refractivity contribution in [2.75, 3.05) is 30.0 Å². The summed E-state index contributed by atoms with van der Waals surface area (Å²) in [5.41, 5.74) is 1.46.